The quantitative estimate of drug-likeness (QED) is 0.856. The van der Waals surface area contributed by atoms with Gasteiger partial charge in [-0.3, -0.25) is 14.6 Å². The Balaban J connectivity index is 1.65. The van der Waals surface area contributed by atoms with E-state index in [0.717, 1.165) is 42.7 Å². The van der Waals surface area contributed by atoms with Crippen LogP contribution in [0.5, 0.6) is 0 Å². The van der Waals surface area contributed by atoms with Crippen LogP contribution in [0.25, 0.3) is 10.2 Å². The highest BCUT2D eigenvalue weighted by Crippen LogP contribution is 2.22. The van der Waals surface area contributed by atoms with E-state index in [4.69, 9.17) is 0 Å². The molecule has 0 aromatic carbocycles. The zero-order chi connectivity index (χ0) is 17.1. The van der Waals surface area contributed by atoms with Gasteiger partial charge in [-0.05, 0) is 43.2 Å². The lowest BCUT2D eigenvalue weighted by molar-refractivity contribution is -0.130. The number of carbonyl (C=O) groups is 2. The molecule has 2 amide bonds. The van der Waals surface area contributed by atoms with Gasteiger partial charge in [0.05, 0.1) is 15.8 Å². The lowest BCUT2D eigenvalue weighted by Gasteiger charge is -2.34. The van der Waals surface area contributed by atoms with Crippen molar-refractivity contribution in [1.82, 2.24) is 14.8 Å². The Morgan fingerprint density at radius 2 is 2.12 bits per heavy atom. The Kier molecular flexibility index (Phi) is 5.14. The Labute approximate surface area is 146 Å². The summed E-state index contributed by atoms with van der Waals surface area (Å²) in [5.41, 5.74) is 1.60. The van der Waals surface area contributed by atoms with Crippen LogP contribution in [0.3, 0.4) is 0 Å². The number of fused-ring (bicyclic) bond motifs is 1. The van der Waals surface area contributed by atoms with Gasteiger partial charge in [-0.2, -0.15) is 0 Å². The molecule has 0 aliphatic carbocycles. The van der Waals surface area contributed by atoms with Crippen LogP contribution < -0.4 is 0 Å². The van der Waals surface area contributed by atoms with Crippen LogP contribution in [-0.4, -0.2) is 52.8 Å². The lowest BCUT2D eigenvalue weighted by atomic mass is 9.96. The van der Waals surface area contributed by atoms with E-state index in [-0.39, 0.29) is 11.8 Å². The van der Waals surface area contributed by atoms with Crippen molar-refractivity contribution in [3.8, 4) is 0 Å². The second kappa shape index (κ2) is 7.30. The molecular weight excluding hydrogens is 322 g/mol. The first-order chi connectivity index (χ1) is 11.6. The van der Waals surface area contributed by atoms with Gasteiger partial charge in [0.2, 0.25) is 5.91 Å². The predicted molar refractivity (Wildman–Crippen MR) is 96.2 cm³/mol. The van der Waals surface area contributed by atoms with E-state index in [1.807, 2.05) is 34.2 Å². The molecule has 2 aromatic rings. The van der Waals surface area contributed by atoms with E-state index in [0.29, 0.717) is 18.0 Å². The maximum Gasteiger partial charge on any atom is 0.255 e. The summed E-state index contributed by atoms with van der Waals surface area (Å²) in [4.78, 5) is 32.4. The first kappa shape index (κ1) is 16.9. The fourth-order valence-electron chi connectivity index (χ4n) is 3.24. The van der Waals surface area contributed by atoms with Crippen molar-refractivity contribution in [2.24, 2.45) is 5.92 Å². The maximum atomic E-state index is 12.8. The fourth-order valence-corrected chi connectivity index (χ4v) is 4.02. The zero-order valence-electron chi connectivity index (χ0n) is 14.2. The minimum absolute atomic E-state index is 0.0503. The molecule has 6 heteroatoms. The van der Waals surface area contributed by atoms with Crippen molar-refractivity contribution in [2.75, 3.05) is 26.2 Å². The Morgan fingerprint density at radius 1 is 1.38 bits per heavy atom. The zero-order valence-corrected chi connectivity index (χ0v) is 15.0. The molecule has 1 saturated heterocycles. The topological polar surface area (TPSA) is 53.5 Å². The Hall–Kier alpha value is -1.95. The molecule has 0 N–H and O–H groups in total. The highest BCUT2D eigenvalue weighted by molar-refractivity contribution is 7.17. The highest BCUT2D eigenvalue weighted by Gasteiger charge is 2.24. The van der Waals surface area contributed by atoms with Gasteiger partial charge in [0, 0.05) is 39.3 Å². The molecule has 2 aromatic heterocycles. The third-order valence-corrected chi connectivity index (χ3v) is 5.61. The van der Waals surface area contributed by atoms with Gasteiger partial charge in [-0.15, -0.1) is 11.3 Å². The number of pyridine rings is 1. The summed E-state index contributed by atoms with van der Waals surface area (Å²) in [5.74, 6) is 0.657. The molecule has 128 valence electrons. The number of nitrogens with zero attached hydrogens (tertiary/aromatic N) is 3. The van der Waals surface area contributed by atoms with Crippen LogP contribution in [0, 0.1) is 5.92 Å². The number of rotatable bonds is 4. The number of aromatic nitrogens is 1. The van der Waals surface area contributed by atoms with Crippen molar-refractivity contribution in [2.45, 2.75) is 26.7 Å². The van der Waals surface area contributed by atoms with Gasteiger partial charge in [0.1, 0.15) is 0 Å². The molecule has 5 nitrogen and oxygen atoms in total. The van der Waals surface area contributed by atoms with E-state index in [1.165, 1.54) is 0 Å². The molecular formula is C18H23N3O2S. The van der Waals surface area contributed by atoms with E-state index in [1.54, 1.807) is 24.5 Å². The number of amides is 2. The second-order valence-electron chi connectivity index (χ2n) is 6.32. The van der Waals surface area contributed by atoms with Crippen LogP contribution in [0.4, 0.5) is 0 Å². The molecule has 3 rings (SSSR count). The number of hydrogen-bond acceptors (Lipinski definition) is 4. The van der Waals surface area contributed by atoms with Gasteiger partial charge in [-0.25, -0.2) is 0 Å². The van der Waals surface area contributed by atoms with E-state index >= 15 is 0 Å². The number of piperidine rings is 1. The third kappa shape index (κ3) is 3.59. The molecule has 1 aliphatic heterocycles. The number of hydrogen-bond donors (Lipinski definition) is 0. The first-order valence-corrected chi connectivity index (χ1v) is 9.34. The molecule has 24 heavy (non-hydrogen) atoms. The standard InChI is InChI=1S/C18H23N3O2S/c1-3-20(12-14-4-7-21(8-5-14)13(2)22)18(23)15-10-17-16(19-11-15)6-9-24-17/h6,9-11,14H,3-5,7-8,12H2,1-2H3. The predicted octanol–water partition coefficient (Wildman–Crippen LogP) is 3.02. The summed E-state index contributed by atoms with van der Waals surface area (Å²) < 4.78 is 1.05. The van der Waals surface area contributed by atoms with E-state index in [9.17, 15) is 9.59 Å². The second-order valence-corrected chi connectivity index (χ2v) is 7.27. The summed E-state index contributed by atoms with van der Waals surface area (Å²) in [6.07, 6.45) is 3.61. The number of thiophene rings is 1. The Morgan fingerprint density at radius 3 is 2.79 bits per heavy atom. The minimum atomic E-state index is 0.0503. The van der Waals surface area contributed by atoms with Gasteiger partial charge in [0.15, 0.2) is 0 Å². The van der Waals surface area contributed by atoms with E-state index in [2.05, 4.69) is 4.98 Å². The minimum Gasteiger partial charge on any atom is -0.343 e. The number of likely N-dealkylation sites (tertiary alicyclic amines) is 1. The largest absolute Gasteiger partial charge is 0.343 e. The van der Waals surface area contributed by atoms with Crippen LogP contribution in [0.15, 0.2) is 23.7 Å². The van der Waals surface area contributed by atoms with Gasteiger partial charge < -0.3 is 9.80 Å². The molecule has 0 radical (unpaired) electrons. The van der Waals surface area contributed by atoms with Crippen LogP contribution in [0.1, 0.15) is 37.0 Å². The van der Waals surface area contributed by atoms with Crippen LogP contribution in [0.2, 0.25) is 0 Å². The van der Waals surface area contributed by atoms with Crippen LogP contribution in [-0.2, 0) is 4.79 Å². The third-order valence-electron chi connectivity index (χ3n) is 4.76. The van der Waals surface area contributed by atoms with Crippen LogP contribution >= 0.6 is 11.3 Å². The monoisotopic (exact) mass is 345 g/mol. The molecule has 0 bridgehead atoms. The molecule has 1 fully saturated rings. The molecule has 0 saturated carbocycles. The normalized spacial score (nSPS) is 15.7. The van der Waals surface area contributed by atoms with Gasteiger partial charge in [0.25, 0.3) is 5.91 Å². The van der Waals surface area contributed by atoms with Crippen molar-refractivity contribution < 1.29 is 9.59 Å². The lowest BCUT2D eigenvalue weighted by Crippen LogP contribution is -2.42. The van der Waals surface area contributed by atoms with Crippen molar-refractivity contribution >= 4 is 33.4 Å². The van der Waals surface area contributed by atoms with Gasteiger partial charge in [-0.1, -0.05) is 0 Å². The number of carbonyl (C=O) groups excluding carboxylic acids is 2. The summed E-state index contributed by atoms with van der Waals surface area (Å²) in [6.45, 7) is 6.68. The average Bonchev–Trinajstić information content (AvgIpc) is 3.07. The summed E-state index contributed by atoms with van der Waals surface area (Å²) in [6, 6.07) is 3.91. The molecule has 1 aliphatic rings. The summed E-state index contributed by atoms with van der Waals surface area (Å²) in [5, 5.41) is 1.99. The first-order valence-electron chi connectivity index (χ1n) is 8.46. The Bertz CT molecular complexity index is 735. The highest BCUT2D eigenvalue weighted by atomic mass is 32.1. The average molecular weight is 345 g/mol. The fraction of sp³-hybridized carbons (Fsp3) is 0.500. The summed E-state index contributed by atoms with van der Waals surface area (Å²) in [7, 11) is 0. The summed E-state index contributed by atoms with van der Waals surface area (Å²) >= 11 is 1.61. The maximum absolute atomic E-state index is 12.8. The van der Waals surface area contributed by atoms with E-state index < -0.39 is 0 Å². The molecule has 3 heterocycles. The van der Waals surface area contributed by atoms with Crippen molar-refractivity contribution in [3.63, 3.8) is 0 Å². The SMILES string of the molecule is CCN(CC1CCN(C(C)=O)CC1)C(=O)c1cnc2ccsc2c1. The van der Waals surface area contributed by atoms with Crippen molar-refractivity contribution in [3.05, 3.63) is 29.3 Å². The van der Waals surface area contributed by atoms with Gasteiger partial charge >= 0.3 is 0 Å². The molecule has 0 spiro atoms. The molecule has 0 atom stereocenters. The molecule has 0 unspecified atom stereocenters. The smallest absolute Gasteiger partial charge is 0.255 e. The van der Waals surface area contributed by atoms with Crippen molar-refractivity contribution in [1.29, 1.82) is 0 Å².